The molecule has 0 radical (unpaired) electrons. The van der Waals surface area contributed by atoms with Crippen molar-refractivity contribution >= 4 is 11.8 Å². The summed E-state index contributed by atoms with van der Waals surface area (Å²) in [6.45, 7) is 8.51. The molecule has 0 unspecified atom stereocenters. The van der Waals surface area contributed by atoms with Gasteiger partial charge in [0.1, 0.15) is 5.82 Å². The molecule has 0 amide bonds. The number of piperidine rings is 1. The van der Waals surface area contributed by atoms with Gasteiger partial charge in [0.15, 0.2) is 0 Å². The highest BCUT2D eigenvalue weighted by Crippen LogP contribution is 2.23. The van der Waals surface area contributed by atoms with Gasteiger partial charge < -0.3 is 14.5 Å². The summed E-state index contributed by atoms with van der Waals surface area (Å²) in [6, 6.07) is 4.77. The first-order valence-electron chi connectivity index (χ1n) is 10.2. The van der Waals surface area contributed by atoms with Crippen molar-refractivity contribution in [3.8, 4) is 0 Å². The second-order valence-corrected chi connectivity index (χ2v) is 7.80. The van der Waals surface area contributed by atoms with Crippen LogP contribution in [0.4, 0.5) is 11.8 Å². The van der Waals surface area contributed by atoms with Gasteiger partial charge in [-0.3, -0.25) is 9.88 Å². The van der Waals surface area contributed by atoms with E-state index < -0.39 is 0 Å². The van der Waals surface area contributed by atoms with Crippen LogP contribution in [-0.2, 0) is 11.3 Å². The number of ether oxygens (including phenoxy) is 1. The second kappa shape index (κ2) is 8.84. The second-order valence-electron chi connectivity index (χ2n) is 7.80. The van der Waals surface area contributed by atoms with Crippen molar-refractivity contribution < 1.29 is 4.74 Å². The molecule has 0 aromatic carbocycles. The summed E-state index contributed by atoms with van der Waals surface area (Å²) in [6.07, 6.45) is 8.07. The molecule has 0 saturated carbocycles. The highest BCUT2D eigenvalue weighted by atomic mass is 16.5. The van der Waals surface area contributed by atoms with Crippen LogP contribution in [0.3, 0.4) is 0 Å². The Balaban J connectivity index is 1.34. The van der Waals surface area contributed by atoms with Crippen LogP contribution in [0.2, 0.25) is 0 Å². The Morgan fingerprint density at radius 2 is 1.93 bits per heavy atom. The van der Waals surface area contributed by atoms with Gasteiger partial charge in [-0.2, -0.15) is 4.98 Å². The van der Waals surface area contributed by atoms with E-state index in [9.17, 15) is 0 Å². The van der Waals surface area contributed by atoms with Crippen LogP contribution in [0.1, 0.15) is 24.0 Å². The molecule has 2 fully saturated rings. The average molecular weight is 383 g/mol. The Morgan fingerprint density at radius 1 is 1.14 bits per heavy atom. The molecular formula is C21H30N6O. The molecule has 0 spiro atoms. The lowest BCUT2D eigenvalue weighted by atomic mass is 10.0. The molecule has 4 heterocycles. The number of anilines is 2. The summed E-state index contributed by atoms with van der Waals surface area (Å²) in [7, 11) is 2.16. The zero-order valence-corrected chi connectivity index (χ0v) is 16.9. The number of hydrogen-bond donors (Lipinski definition) is 0. The van der Waals surface area contributed by atoms with Crippen LogP contribution in [0.5, 0.6) is 0 Å². The number of nitrogens with zero attached hydrogens (tertiary/aromatic N) is 6. The molecule has 0 N–H and O–H groups in total. The van der Waals surface area contributed by atoms with Crippen molar-refractivity contribution in [1.29, 1.82) is 0 Å². The topological polar surface area (TPSA) is 57.6 Å². The van der Waals surface area contributed by atoms with Crippen molar-refractivity contribution in [2.45, 2.75) is 32.4 Å². The Kier molecular flexibility index (Phi) is 6.02. The van der Waals surface area contributed by atoms with E-state index in [4.69, 9.17) is 9.72 Å². The van der Waals surface area contributed by atoms with Crippen molar-refractivity contribution in [2.24, 2.45) is 0 Å². The van der Waals surface area contributed by atoms with E-state index in [2.05, 4.69) is 44.7 Å². The fourth-order valence-electron chi connectivity index (χ4n) is 4.07. The predicted molar refractivity (Wildman–Crippen MR) is 111 cm³/mol. The number of pyridine rings is 1. The van der Waals surface area contributed by atoms with Crippen LogP contribution in [0.15, 0.2) is 30.7 Å². The Bertz CT molecular complexity index is 771. The zero-order chi connectivity index (χ0) is 19.3. The molecule has 0 atom stereocenters. The van der Waals surface area contributed by atoms with Crippen LogP contribution in [0.25, 0.3) is 0 Å². The average Bonchev–Trinajstić information content (AvgIpc) is 2.75. The third kappa shape index (κ3) is 4.59. The number of aryl methyl sites for hydroxylation is 1. The quantitative estimate of drug-likeness (QED) is 0.785. The van der Waals surface area contributed by atoms with Crippen molar-refractivity contribution in [2.75, 3.05) is 56.2 Å². The van der Waals surface area contributed by atoms with Crippen LogP contribution in [-0.4, -0.2) is 72.3 Å². The number of aromatic nitrogens is 3. The van der Waals surface area contributed by atoms with Crippen LogP contribution < -0.4 is 9.80 Å². The van der Waals surface area contributed by atoms with Gasteiger partial charge >= 0.3 is 0 Å². The molecule has 150 valence electrons. The van der Waals surface area contributed by atoms with Gasteiger partial charge in [-0.25, -0.2) is 4.98 Å². The van der Waals surface area contributed by atoms with E-state index in [1.54, 1.807) is 0 Å². The Labute approximate surface area is 167 Å². The summed E-state index contributed by atoms with van der Waals surface area (Å²) in [5.74, 6) is 1.83. The molecule has 4 rings (SSSR count). The summed E-state index contributed by atoms with van der Waals surface area (Å²) in [5, 5.41) is 0. The van der Waals surface area contributed by atoms with E-state index in [-0.39, 0.29) is 0 Å². The molecule has 28 heavy (non-hydrogen) atoms. The first kappa shape index (κ1) is 19.1. The van der Waals surface area contributed by atoms with Gasteiger partial charge in [0.2, 0.25) is 5.95 Å². The Morgan fingerprint density at radius 3 is 2.68 bits per heavy atom. The fraction of sp³-hybridized carbons (Fsp3) is 0.571. The van der Waals surface area contributed by atoms with Crippen LogP contribution >= 0.6 is 0 Å². The molecule has 7 nitrogen and oxygen atoms in total. The number of likely N-dealkylation sites (tertiary alicyclic amines) is 1. The molecule has 0 bridgehead atoms. The SMILES string of the molecule is Cc1cncc(CN2CCC(N(C)c3ccnc(N4CCOCC4)n3)CC2)c1. The normalized spacial score (nSPS) is 19.0. The smallest absolute Gasteiger partial charge is 0.227 e. The van der Waals surface area contributed by atoms with E-state index in [0.29, 0.717) is 6.04 Å². The van der Waals surface area contributed by atoms with Gasteiger partial charge in [-0.1, -0.05) is 6.07 Å². The highest BCUT2D eigenvalue weighted by molar-refractivity contribution is 5.44. The fourth-order valence-corrected chi connectivity index (χ4v) is 4.07. The molecule has 2 aromatic rings. The van der Waals surface area contributed by atoms with Gasteiger partial charge in [0.25, 0.3) is 0 Å². The summed E-state index contributed by atoms with van der Waals surface area (Å²) in [4.78, 5) is 20.7. The van der Waals surface area contributed by atoms with E-state index >= 15 is 0 Å². The third-order valence-electron chi connectivity index (χ3n) is 5.73. The van der Waals surface area contributed by atoms with Gasteiger partial charge in [-0.05, 0) is 37.0 Å². The summed E-state index contributed by atoms with van der Waals surface area (Å²) in [5.41, 5.74) is 2.53. The predicted octanol–water partition coefficient (Wildman–Crippen LogP) is 2.12. The Hall–Kier alpha value is -2.25. The maximum atomic E-state index is 5.44. The highest BCUT2D eigenvalue weighted by Gasteiger charge is 2.24. The van der Waals surface area contributed by atoms with Crippen molar-refractivity contribution in [1.82, 2.24) is 19.9 Å². The lowest BCUT2D eigenvalue weighted by Gasteiger charge is -2.37. The summed E-state index contributed by atoms with van der Waals surface area (Å²) < 4.78 is 5.44. The first-order chi connectivity index (χ1) is 13.7. The summed E-state index contributed by atoms with van der Waals surface area (Å²) >= 11 is 0. The van der Waals surface area contributed by atoms with Crippen molar-refractivity contribution in [3.63, 3.8) is 0 Å². The van der Waals surface area contributed by atoms with E-state index in [0.717, 1.165) is 70.5 Å². The van der Waals surface area contributed by atoms with E-state index in [1.165, 1.54) is 11.1 Å². The lowest BCUT2D eigenvalue weighted by molar-refractivity contribution is 0.122. The molecular weight excluding hydrogens is 352 g/mol. The van der Waals surface area contributed by atoms with Crippen LogP contribution in [0, 0.1) is 6.92 Å². The minimum absolute atomic E-state index is 0.513. The van der Waals surface area contributed by atoms with Gasteiger partial charge in [0.05, 0.1) is 13.2 Å². The largest absolute Gasteiger partial charge is 0.378 e. The van der Waals surface area contributed by atoms with Crippen molar-refractivity contribution in [3.05, 3.63) is 41.9 Å². The minimum Gasteiger partial charge on any atom is -0.378 e. The van der Waals surface area contributed by atoms with E-state index in [1.807, 2.05) is 24.7 Å². The molecule has 0 aliphatic carbocycles. The lowest BCUT2D eigenvalue weighted by Crippen LogP contribution is -2.43. The molecule has 2 aliphatic rings. The number of hydrogen-bond acceptors (Lipinski definition) is 7. The first-order valence-corrected chi connectivity index (χ1v) is 10.2. The maximum Gasteiger partial charge on any atom is 0.227 e. The van der Waals surface area contributed by atoms with Gasteiger partial charge in [-0.15, -0.1) is 0 Å². The third-order valence-corrected chi connectivity index (χ3v) is 5.73. The number of rotatable bonds is 5. The molecule has 2 saturated heterocycles. The van der Waals surface area contributed by atoms with Gasteiger partial charge in [0, 0.05) is 64.4 Å². The zero-order valence-electron chi connectivity index (χ0n) is 16.9. The molecule has 2 aromatic heterocycles. The molecule has 7 heteroatoms. The standard InChI is InChI=1S/C21H30N6O/c1-17-13-18(15-22-14-17)16-26-7-4-19(5-8-26)25(2)20-3-6-23-21(24-20)27-9-11-28-12-10-27/h3,6,13-15,19H,4-5,7-12,16H2,1-2H3. The molecule has 2 aliphatic heterocycles. The maximum absolute atomic E-state index is 5.44. The minimum atomic E-state index is 0.513. The monoisotopic (exact) mass is 382 g/mol. The number of morpholine rings is 1.